The third-order valence-corrected chi connectivity index (χ3v) is 5.22. The predicted octanol–water partition coefficient (Wildman–Crippen LogP) is 3.37. The minimum absolute atomic E-state index is 0.249. The Hall–Kier alpha value is -0.570. The van der Waals surface area contributed by atoms with Crippen LogP contribution in [-0.4, -0.2) is 18.0 Å². The van der Waals surface area contributed by atoms with Crippen LogP contribution in [0, 0.1) is 11.8 Å². The third kappa shape index (κ3) is 4.76. The van der Waals surface area contributed by atoms with Crippen molar-refractivity contribution >= 4 is 5.91 Å². The van der Waals surface area contributed by atoms with Crippen LogP contribution < -0.4 is 11.1 Å². The minimum Gasteiger partial charge on any atom is -0.353 e. The zero-order valence-corrected chi connectivity index (χ0v) is 13.1. The molecule has 0 spiro atoms. The molecule has 1 unspecified atom stereocenters. The Labute approximate surface area is 124 Å². The van der Waals surface area contributed by atoms with Crippen molar-refractivity contribution in [2.45, 2.75) is 89.6 Å². The zero-order valence-electron chi connectivity index (χ0n) is 13.1. The van der Waals surface area contributed by atoms with Crippen LogP contribution in [0.25, 0.3) is 0 Å². The topological polar surface area (TPSA) is 55.1 Å². The van der Waals surface area contributed by atoms with E-state index < -0.39 is 0 Å². The first kappa shape index (κ1) is 15.8. The lowest BCUT2D eigenvalue weighted by Gasteiger charge is -2.29. The van der Waals surface area contributed by atoms with Gasteiger partial charge in [-0.25, -0.2) is 0 Å². The van der Waals surface area contributed by atoms with Crippen LogP contribution in [0.3, 0.4) is 0 Å². The van der Waals surface area contributed by atoms with Crippen LogP contribution in [0.5, 0.6) is 0 Å². The van der Waals surface area contributed by atoms with Crippen LogP contribution in [0.1, 0.15) is 77.6 Å². The van der Waals surface area contributed by atoms with Gasteiger partial charge in [0.2, 0.25) is 5.91 Å². The number of nitrogens with two attached hydrogens (primary N) is 1. The zero-order chi connectivity index (χ0) is 14.4. The number of rotatable bonds is 6. The Morgan fingerprint density at radius 1 is 1.15 bits per heavy atom. The fourth-order valence-electron chi connectivity index (χ4n) is 3.94. The number of nitrogens with one attached hydrogen (secondary N) is 1. The van der Waals surface area contributed by atoms with Gasteiger partial charge < -0.3 is 11.1 Å². The SMILES string of the molecule is CCCC(CC1CCCC1)C(=O)NC1CCC(N)CC1. The van der Waals surface area contributed by atoms with Crippen LogP contribution in [0.2, 0.25) is 0 Å². The van der Waals surface area contributed by atoms with Gasteiger partial charge >= 0.3 is 0 Å². The molecular formula is C17H32N2O. The van der Waals surface area contributed by atoms with E-state index in [4.69, 9.17) is 5.73 Å². The fraction of sp³-hybridized carbons (Fsp3) is 0.941. The van der Waals surface area contributed by atoms with E-state index in [0.717, 1.165) is 50.9 Å². The van der Waals surface area contributed by atoms with Crippen molar-refractivity contribution in [3.05, 3.63) is 0 Å². The Morgan fingerprint density at radius 2 is 1.80 bits per heavy atom. The molecule has 0 aliphatic heterocycles. The van der Waals surface area contributed by atoms with Gasteiger partial charge in [-0.15, -0.1) is 0 Å². The van der Waals surface area contributed by atoms with Gasteiger partial charge in [0, 0.05) is 18.0 Å². The van der Waals surface area contributed by atoms with Gasteiger partial charge in [-0.3, -0.25) is 4.79 Å². The van der Waals surface area contributed by atoms with Gasteiger partial charge in [0.05, 0.1) is 0 Å². The van der Waals surface area contributed by atoms with E-state index in [1.54, 1.807) is 0 Å². The maximum Gasteiger partial charge on any atom is 0.223 e. The number of hydrogen-bond donors (Lipinski definition) is 2. The first-order valence-corrected chi connectivity index (χ1v) is 8.75. The predicted molar refractivity (Wildman–Crippen MR) is 83.3 cm³/mol. The fourth-order valence-corrected chi connectivity index (χ4v) is 3.94. The summed E-state index contributed by atoms with van der Waals surface area (Å²) in [4.78, 5) is 12.5. The average Bonchev–Trinajstić information content (AvgIpc) is 2.94. The normalized spacial score (nSPS) is 29.3. The van der Waals surface area contributed by atoms with Gasteiger partial charge in [0.25, 0.3) is 0 Å². The van der Waals surface area contributed by atoms with Crippen molar-refractivity contribution in [1.82, 2.24) is 5.32 Å². The van der Waals surface area contributed by atoms with Crippen molar-refractivity contribution in [3.8, 4) is 0 Å². The van der Waals surface area contributed by atoms with E-state index in [2.05, 4.69) is 12.2 Å². The molecule has 116 valence electrons. The molecule has 0 radical (unpaired) electrons. The monoisotopic (exact) mass is 280 g/mol. The highest BCUT2D eigenvalue weighted by molar-refractivity contribution is 5.78. The van der Waals surface area contributed by atoms with Crippen LogP contribution in [0.4, 0.5) is 0 Å². The summed E-state index contributed by atoms with van der Waals surface area (Å²) in [6, 6.07) is 0.735. The van der Waals surface area contributed by atoms with Crippen LogP contribution in [0.15, 0.2) is 0 Å². The second-order valence-corrected chi connectivity index (χ2v) is 6.99. The molecular weight excluding hydrogens is 248 g/mol. The number of carbonyl (C=O) groups is 1. The standard InChI is InChI=1S/C17H32N2O/c1-2-5-14(12-13-6-3-4-7-13)17(20)19-16-10-8-15(18)9-11-16/h13-16H,2-12,18H2,1H3,(H,19,20). The molecule has 0 bridgehead atoms. The lowest BCUT2D eigenvalue weighted by Crippen LogP contribution is -2.43. The minimum atomic E-state index is 0.249. The average molecular weight is 280 g/mol. The van der Waals surface area contributed by atoms with E-state index >= 15 is 0 Å². The van der Waals surface area contributed by atoms with Crippen molar-refractivity contribution in [2.75, 3.05) is 0 Å². The first-order chi connectivity index (χ1) is 9.69. The molecule has 2 aliphatic carbocycles. The number of carbonyl (C=O) groups excluding carboxylic acids is 1. The molecule has 0 heterocycles. The molecule has 0 aromatic carbocycles. The lowest BCUT2D eigenvalue weighted by molar-refractivity contribution is -0.126. The third-order valence-electron chi connectivity index (χ3n) is 5.22. The molecule has 3 N–H and O–H groups in total. The van der Waals surface area contributed by atoms with Crippen LogP contribution in [-0.2, 0) is 4.79 Å². The number of hydrogen-bond acceptors (Lipinski definition) is 2. The Morgan fingerprint density at radius 3 is 2.40 bits per heavy atom. The summed E-state index contributed by atoms with van der Waals surface area (Å²) in [5.41, 5.74) is 5.93. The Bertz CT molecular complexity index is 291. The molecule has 0 aromatic rings. The molecule has 1 atom stereocenters. The molecule has 3 nitrogen and oxygen atoms in total. The molecule has 3 heteroatoms. The molecule has 2 saturated carbocycles. The van der Waals surface area contributed by atoms with Gasteiger partial charge in [0.15, 0.2) is 0 Å². The highest BCUT2D eigenvalue weighted by atomic mass is 16.1. The summed E-state index contributed by atoms with van der Waals surface area (Å²) in [7, 11) is 0. The first-order valence-electron chi connectivity index (χ1n) is 8.75. The van der Waals surface area contributed by atoms with Gasteiger partial charge in [-0.2, -0.15) is 0 Å². The quantitative estimate of drug-likeness (QED) is 0.783. The molecule has 1 amide bonds. The Balaban J connectivity index is 1.79. The summed E-state index contributed by atoms with van der Waals surface area (Å²) >= 11 is 0. The van der Waals surface area contributed by atoms with E-state index in [1.807, 2.05) is 0 Å². The Kier molecular flexibility index (Phi) is 6.34. The maximum atomic E-state index is 12.5. The molecule has 2 aliphatic rings. The highest BCUT2D eigenvalue weighted by Gasteiger charge is 2.27. The van der Waals surface area contributed by atoms with Crippen molar-refractivity contribution in [1.29, 1.82) is 0 Å². The van der Waals surface area contributed by atoms with Gasteiger partial charge in [-0.1, -0.05) is 39.0 Å². The molecule has 0 aromatic heterocycles. The second-order valence-electron chi connectivity index (χ2n) is 6.99. The van der Waals surface area contributed by atoms with Gasteiger partial charge in [0.1, 0.15) is 0 Å². The lowest BCUT2D eigenvalue weighted by atomic mass is 9.88. The van der Waals surface area contributed by atoms with Crippen molar-refractivity contribution in [2.24, 2.45) is 17.6 Å². The molecule has 2 fully saturated rings. The van der Waals surface area contributed by atoms with Crippen molar-refractivity contribution in [3.63, 3.8) is 0 Å². The second kappa shape index (κ2) is 8.02. The van der Waals surface area contributed by atoms with Crippen LogP contribution >= 0.6 is 0 Å². The molecule has 0 saturated heterocycles. The van der Waals surface area contributed by atoms with E-state index in [0.29, 0.717) is 18.0 Å². The molecule has 2 rings (SSSR count). The summed E-state index contributed by atoms with van der Waals surface area (Å²) in [5.74, 6) is 1.37. The summed E-state index contributed by atoms with van der Waals surface area (Å²) < 4.78 is 0. The van der Waals surface area contributed by atoms with E-state index in [-0.39, 0.29) is 5.92 Å². The van der Waals surface area contributed by atoms with Crippen molar-refractivity contribution < 1.29 is 4.79 Å². The van der Waals surface area contributed by atoms with E-state index in [9.17, 15) is 4.79 Å². The largest absolute Gasteiger partial charge is 0.353 e. The van der Waals surface area contributed by atoms with Gasteiger partial charge in [-0.05, 0) is 44.4 Å². The van der Waals surface area contributed by atoms with E-state index in [1.165, 1.54) is 25.7 Å². The number of amides is 1. The molecule has 20 heavy (non-hydrogen) atoms. The summed E-state index contributed by atoms with van der Waals surface area (Å²) in [6.45, 7) is 2.19. The highest BCUT2D eigenvalue weighted by Crippen LogP contribution is 2.32. The smallest absolute Gasteiger partial charge is 0.223 e. The maximum absolute atomic E-state index is 12.5. The summed E-state index contributed by atoms with van der Waals surface area (Å²) in [6.07, 6.45) is 12.9. The summed E-state index contributed by atoms with van der Waals surface area (Å²) in [5, 5.41) is 3.30.